The van der Waals surface area contributed by atoms with Gasteiger partial charge in [0.1, 0.15) is 5.76 Å². The Balaban J connectivity index is 1.61. The van der Waals surface area contributed by atoms with Crippen LogP contribution in [-0.2, 0) is 22.6 Å². The third-order valence-electron chi connectivity index (χ3n) is 4.30. The van der Waals surface area contributed by atoms with Gasteiger partial charge in [-0.05, 0) is 24.5 Å². The Labute approximate surface area is 141 Å². The fourth-order valence-corrected chi connectivity index (χ4v) is 2.99. The van der Waals surface area contributed by atoms with Crippen molar-refractivity contribution >= 4 is 17.6 Å². The van der Waals surface area contributed by atoms with Crippen LogP contribution in [0, 0.1) is 6.92 Å². The van der Waals surface area contributed by atoms with Crippen molar-refractivity contribution in [3.63, 3.8) is 0 Å². The minimum Gasteiger partial charge on any atom is -0.360 e. The number of nitrogens with zero attached hydrogens (tertiary/aromatic N) is 3. The van der Waals surface area contributed by atoms with Gasteiger partial charge in [-0.15, -0.1) is 0 Å². The number of anilines is 1. The van der Waals surface area contributed by atoms with E-state index < -0.39 is 0 Å². The van der Waals surface area contributed by atoms with Gasteiger partial charge in [-0.2, -0.15) is 0 Å². The molecule has 1 aliphatic rings. The van der Waals surface area contributed by atoms with Gasteiger partial charge in [-0.25, -0.2) is 0 Å². The lowest BCUT2D eigenvalue weighted by molar-refractivity contribution is -0.131. The van der Waals surface area contributed by atoms with Crippen molar-refractivity contribution < 1.29 is 14.1 Å². The van der Waals surface area contributed by atoms with Crippen LogP contribution in [0.25, 0.3) is 0 Å². The lowest BCUT2D eigenvalue weighted by atomic mass is 10.00. The molecular weight excluding hydrogens is 306 g/mol. The second-order valence-corrected chi connectivity index (χ2v) is 6.05. The molecule has 1 aromatic carbocycles. The van der Waals surface area contributed by atoms with Gasteiger partial charge in [0.25, 0.3) is 0 Å². The van der Waals surface area contributed by atoms with Crippen LogP contribution in [-0.4, -0.2) is 35.0 Å². The topological polar surface area (TPSA) is 66.7 Å². The molecule has 24 heavy (non-hydrogen) atoms. The molecule has 6 nitrogen and oxygen atoms in total. The normalized spacial score (nSPS) is 13.5. The first-order valence-corrected chi connectivity index (χ1v) is 8.10. The van der Waals surface area contributed by atoms with Crippen LogP contribution < -0.4 is 4.90 Å². The fraction of sp³-hybridized carbons (Fsp3) is 0.389. The zero-order chi connectivity index (χ0) is 17.1. The summed E-state index contributed by atoms with van der Waals surface area (Å²) in [5.41, 5.74) is 2.51. The molecule has 0 N–H and O–H groups in total. The summed E-state index contributed by atoms with van der Waals surface area (Å²) in [6, 6.07) is 9.90. The lowest BCUT2D eigenvalue weighted by Crippen LogP contribution is -2.39. The smallest absolute Gasteiger partial charge is 0.225 e. The van der Waals surface area contributed by atoms with Gasteiger partial charge < -0.3 is 9.42 Å². The molecule has 2 aromatic rings. The second-order valence-electron chi connectivity index (χ2n) is 6.05. The summed E-state index contributed by atoms with van der Waals surface area (Å²) in [6.45, 7) is 4.90. The zero-order valence-corrected chi connectivity index (χ0v) is 14.0. The molecule has 0 radical (unpaired) electrons. The molecule has 3 rings (SSSR count). The van der Waals surface area contributed by atoms with Gasteiger partial charge in [0.15, 0.2) is 5.82 Å². The van der Waals surface area contributed by atoms with Crippen LogP contribution >= 0.6 is 0 Å². The summed E-state index contributed by atoms with van der Waals surface area (Å²) >= 11 is 0. The van der Waals surface area contributed by atoms with Crippen molar-refractivity contribution in [3.05, 3.63) is 47.2 Å². The number of hydrogen-bond acceptors (Lipinski definition) is 4. The number of hydrogen-bond donors (Lipinski definition) is 0. The molecule has 0 saturated carbocycles. The van der Waals surface area contributed by atoms with E-state index in [2.05, 4.69) is 17.3 Å². The van der Waals surface area contributed by atoms with Crippen LogP contribution in [0.15, 0.2) is 34.9 Å². The number of amides is 2. The molecule has 1 aliphatic heterocycles. The van der Waals surface area contributed by atoms with Gasteiger partial charge >= 0.3 is 0 Å². The Morgan fingerprint density at radius 1 is 1.29 bits per heavy atom. The molecule has 0 bridgehead atoms. The monoisotopic (exact) mass is 327 g/mol. The average molecular weight is 327 g/mol. The minimum absolute atomic E-state index is 0.0518. The number of rotatable bonds is 4. The van der Waals surface area contributed by atoms with E-state index in [1.807, 2.05) is 17.0 Å². The number of aromatic nitrogens is 1. The van der Waals surface area contributed by atoms with Crippen molar-refractivity contribution in [3.8, 4) is 0 Å². The van der Waals surface area contributed by atoms with E-state index in [1.54, 1.807) is 13.0 Å². The summed E-state index contributed by atoms with van der Waals surface area (Å²) in [6.07, 6.45) is 1.15. The SMILES string of the molecule is CC(=O)N(CCC(=O)N1CCc2ccccc2C1)c1cc(C)on1. The molecule has 126 valence electrons. The molecule has 0 fully saturated rings. The van der Waals surface area contributed by atoms with E-state index in [4.69, 9.17) is 4.52 Å². The second kappa shape index (κ2) is 6.86. The number of fused-ring (bicyclic) bond motifs is 1. The zero-order valence-electron chi connectivity index (χ0n) is 14.0. The molecule has 6 heteroatoms. The molecular formula is C18H21N3O3. The summed E-state index contributed by atoms with van der Waals surface area (Å²) < 4.78 is 5.02. The van der Waals surface area contributed by atoms with Crippen molar-refractivity contribution in [2.45, 2.75) is 33.2 Å². The predicted molar refractivity (Wildman–Crippen MR) is 89.4 cm³/mol. The van der Waals surface area contributed by atoms with Gasteiger partial charge in [0.2, 0.25) is 11.8 Å². The van der Waals surface area contributed by atoms with Crippen LogP contribution in [0.3, 0.4) is 0 Å². The number of benzene rings is 1. The van der Waals surface area contributed by atoms with Crippen molar-refractivity contribution in [1.82, 2.24) is 10.1 Å². The predicted octanol–water partition coefficient (Wildman–Crippen LogP) is 2.31. The quantitative estimate of drug-likeness (QED) is 0.864. The van der Waals surface area contributed by atoms with Gasteiger partial charge in [-0.3, -0.25) is 14.5 Å². The molecule has 2 heterocycles. The first kappa shape index (κ1) is 16.2. The maximum absolute atomic E-state index is 12.5. The Morgan fingerprint density at radius 2 is 2.04 bits per heavy atom. The van der Waals surface area contributed by atoms with Crippen molar-refractivity contribution in [2.75, 3.05) is 18.0 Å². The third kappa shape index (κ3) is 3.48. The van der Waals surface area contributed by atoms with Crippen molar-refractivity contribution in [1.29, 1.82) is 0 Å². The lowest BCUT2D eigenvalue weighted by Gasteiger charge is -2.29. The molecule has 0 saturated heterocycles. The van der Waals surface area contributed by atoms with Crippen LogP contribution in [0.5, 0.6) is 0 Å². The Hall–Kier alpha value is -2.63. The van der Waals surface area contributed by atoms with E-state index in [0.717, 1.165) is 13.0 Å². The Bertz CT molecular complexity index is 753. The fourth-order valence-electron chi connectivity index (χ4n) is 2.99. The minimum atomic E-state index is -0.153. The van der Waals surface area contributed by atoms with Crippen molar-refractivity contribution in [2.24, 2.45) is 0 Å². The van der Waals surface area contributed by atoms with E-state index in [1.165, 1.54) is 23.0 Å². The third-order valence-corrected chi connectivity index (χ3v) is 4.30. The average Bonchev–Trinajstić information content (AvgIpc) is 3.00. The first-order valence-electron chi connectivity index (χ1n) is 8.10. The van der Waals surface area contributed by atoms with Crippen LogP contribution in [0.1, 0.15) is 30.2 Å². The highest BCUT2D eigenvalue weighted by Crippen LogP contribution is 2.20. The maximum Gasteiger partial charge on any atom is 0.225 e. The summed E-state index contributed by atoms with van der Waals surface area (Å²) in [5, 5.41) is 3.86. The molecule has 0 aliphatic carbocycles. The highest BCUT2D eigenvalue weighted by Gasteiger charge is 2.22. The molecule has 0 atom stereocenters. The molecule has 1 aromatic heterocycles. The first-order chi connectivity index (χ1) is 11.5. The van der Waals surface area contributed by atoms with E-state index in [0.29, 0.717) is 24.7 Å². The van der Waals surface area contributed by atoms with E-state index >= 15 is 0 Å². The molecule has 0 unspecified atom stereocenters. The van der Waals surface area contributed by atoms with Gasteiger partial charge in [0, 0.05) is 39.0 Å². The Kier molecular flexibility index (Phi) is 4.64. The van der Waals surface area contributed by atoms with E-state index in [-0.39, 0.29) is 18.2 Å². The van der Waals surface area contributed by atoms with Crippen LogP contribution in [0.4, 0.5) is 5.82 Å². The summed E-state index contributed by atoms with van der Waals surface area (Å²) in [5.74, 6) is 0.989. The summed E-state index contributed by atoms with van der Waals surface area (Å²) in [4.78, 5) is 27.7. The number of carbonyl (C=O) groups is 2. The van der Waals surface area contributed by atoms with Gasteiger partial charge in [-0.1, -0.05) is 29.4 Å². The molecule has 0 spiro atoms. The highest BCUT2D eigenvalue weighted by atomic mass is 16.5. The number of aryl methyl sites for hydroxylation is 1. The summed E-state index contributed by atoms with van der Waals surface area (Å²) in [7, 11) is 0. The Morgan fingerprint density at radius 3 is 2.71 bits per heavy atom. The molecule has 2 amide bonds. The standard InChI is InChI=1S/C18H21N3O3/c1-13-11-17(19-24-13)21(14(2)22)10-8-18(23)20-9-7-15-5-3-4-6-16(15)12-20/h3-6,11H,7-10,12H2,1-2H3. The van der Waals surface area contributed by atoms with Gasteiger partial charge in [0.05, 0.1) is 0 Å². The number of carbonyl (C=O) groups excluding carboxylic acids is 2. The highest BCUT2D eigenvalue weighted by molar-refractivity contribution is 5.91. The largest absolute Gasteiger partial charge is 0.360 e. The van der Waals surface area contributed by atoms with Crippen LogP contribution in [0.2, 0.25) is 0 Å². The van der Waals surface area contributed by atoms with E-state index in [9.17, 15) is 9.59 Å². The maximum atomic E-state index is 12.5.